The molecule has 1 heterocycles. The van der Waals surface area contributed by atoms with Gasteiger partial charge in [-0.25, -0.2) is 0 Å². The number of carbonyl (C=O) groups excluding carboxylic acids is 1. The number of aromatic nitrogens is 3. The number of nitrogens with zero attached hydrogens (tertiary/aromatic N) is 4. The number of carbonyl (C=O) groups is 1. The lowest BCUT2D eigenvalue weighted by atomic mass is 10.2. The Labute approximate surface area is 202 Å². The second-order valence-electron chi connectivity index (χ2n) is 7.17. The number of hydrogen-bond acceptors (Lipinski definition) is 7. The van der Waals surface area contributed by atoms with Gasteiger partial charge in [-0.2, -0.15) is 0 Å². The third-order valence-electron chi connectivity index (χ3n) is 4.75. The number of halogens is 1. The number of hydrogen-bond donors (Lipinski definition) is 1. The van der Waals surface area contributed by atoms with Crippen LogP contribution >= 0.6 is 23.4 Å². The van der Waals surface area contributed by atoms with Gasteiger partial charge >= 0.3 is 0 Å². The van der Waals surface area contributed by atoms with E-state index in [4.69, 9.17) is 21.1 Å². The normalized spacial score (nSPS) is 10.6. The summed E-state index contributed by atoms with van der Waals surface area (Å²) in [6.07, 6.45) is 1.77. The molecular weight excluding hydrogens is 462 g/mol. The van der Waals surface area contributed by atoms with E-state index in [-0.39, 0.29) is 11.7 Å². The van der Waals surface area contributed by atoms with Crippen molar-refractivity contribution in [2.24, 2.45) is 0 Å². The van der Waals surface area contributed by atoms with Crippen LogP contribution in [0.2, 0.25) is 5.02 Å². The summed E-state index contributed by atoms with van der Waals surface area (Å²) in [5, 5.41) is 12.5. The number of allylic oxidation sites excluding steroid dienone is 1. The standard InChI is InChI=1S/C23H26ClN5O3S/c1-6-11-29-22(15-7-9-16(10-8-15)28(2)3)26-27-23(29)33-14-21(30)25-18-13-19(31-4)17(24)12-20(18)32-5/h6-10,12-13H,1,11,14H2,2-5H3,(H,25,30). The molecule has 33 heavy (non-hydrogen) atoms. The Morgan fingerprint density at radius 3 is 2.48 bits per heavy atom. The molecule has 10 heteroatoms. The van der Waals surface area contributed by atoms with Crippen LogP contribution in [0.25, 0.3) is 11.4 Å². The van der Waals surface area contributed by atoms with Crippen LogP contribution in [0.5, 0.6) is 11.5 Å². The van der Waals surface area contributed by atoms with Gasteiger partial charge in [0.1, 0.15) is 11.5 Å². The van der Waals surface area contributed by atoms with E-state index in [0.29, 0.717) is 39.7 Å². The fourth-order valence-corrected chi connectivity index (χ4v) is 4.06. The quantitative estimate of drug-likeness (QED) is 0.330. The fraction of sp³-hybridized carbons (Fsp3) is 0.261. The van der Waals surface area contributed by atoms with Gasteiger partial charge in [0.25, 0.3) is 0 Å². The van der Waals surface area contributed by atoms with E-state index >= 15 is 0 Å². The van der Waals surface area contributed by atoms with E-state index in [2.05, 4.69) is 22.1 Å². The van der Waals surface area contributed by atoms with E-state index < -0.39 is 0 Å². The summed E-state index contributed by atoms with van der Waals surface area (Å²) in [6.45, 7) is 4.35. The molecule has 0 saturated heterocycles. The minimum atomic E-state index is -0.229. The lowest BCUT2D eigenvalue weighted by Gasteiger charge is -2.13. The maximum atomic E-state index is 12.6. The van der Waals surface area contributed by atoms with E-state index in [0.717, 1.165) is 11.3 Å². The summed E-state index contributed by atoms with van der Waals surface area (Å²) >= 11 is 7.42. The first-order chi connectivity index (χ1) is 15.9. The maximum absolute atomic E-state index is 12.6. The molecule has 0 aliphatic heterocycles. The van der Waals surface area contributed by atoms with Gasteiger partial charge in [0.2, 0.25) is 5.91 Å². The van der Waals surface area contributed by atoms with Crippen molar-refractivity contribution in [2.45, 2.75) is 11.7 Å². The van der Waals surface area contributed by atoms with Crippen molar-refractivity contribution in [1.82, 2.24) is 14.8 Å². The highest BCUT2D eigenvalue weighted by molar-refractivity contribution is 7.99. The van der Waals surface area contributed by atoms with Gasteiger partial charge in [-0.05, 0) is 24.3 Å². The molecule has 0 atom stereocenters. The minimum Gasteiger partial charge on any atom is -0.495 e. The zero-order valence-corrected chi connectivity index (χ0v) is 20.5. The van der Waals surface area contributed by atoms with Crippen LogP contribution in [0.15, 0.2) is 54.2 Å². The molecule has 0 bridgehead atoms. The summed E-state index contributed by atoms with van der Waals surface area (Å²) in [7, 11) is 7.00. The molecule has 3 rings (SSSR count). The van der Waals surface area contributed by atoms with E-state index in [9.17, 15) is 4.79 Å². The van der Waals surface area contributed by atoms with Crippen LogP contribution in [-0.4, -0.2) is 54.7 Å². The zero-order chi connectivity index (χ0) is 24.0. The number of nitrogens with one attached hydrogen (secondary N) is 1. The number of ether oxygens (including phenoxy) is 2. The van der Waals surface area contributed by atoms with E-state index in [1.807, 2.05) is 47.8 Å². The Morgan fingerprint density at radius 2 is 1.88 bits per heavy atom. The number of amides is 1. The van der Waals surface area contributed by atoms with Crippen molar-refractivity contribution in [2.75, 3.05) is 44.3 Å². The molecule has 0 spiro atoms. The van der Waals surface area contributed by atoms with Crippen LogP contribution in [-0.2, 0) is 11.3 Å². The lowest BCUT2D eigenvalue weighted by molar-refractivity contribution is -0.113. The van der Waals surface area contributed by atoms with Gasteiger partial charge in [-0.3, -0.25) is 9.36 Å². The highest BCUT2D eigenvalue weighted by Crippen LogP contribution is 2.36. The molecule has 0 radical (unpaired) electrons. The number of thioether (sulfide) groups is 1. The van der Waals surface area contributed by atoms with E-state index in [1.54, 1.807) is 18.2 Å². The highest BCUT2D eigenvalue weighted by Gasteiger charge is 2.17. The molecule has 0 aliphatic carbocycles. The largest absolute Gasteiger partial charge is 0.495 e. The maximum Gasteiger partial charge on any atom is 0.234 e. The molecule has 174 valence electrons. The van der Waals surface area contributed by atoms with Crippen molar-refractivity contribution in [3.63, 3.8) is 0 Å². The second kappa shape index (κ2) is 11.1. The third kappa shape index (κ3) is 5.80. The van der Waals surface area contributed by atoms with Crippen LogP contribution in [0.3, 0.4) is 0 Å². The van der Waals surface area contributed by atoms with Crippen molar-refractivity contribution in [3.8, 4) is 22.9 Å². The van der Waals surface area contributed by atoms with Crippen molar-refractivity contribution in [3.05, 3.63) is 54.1 Å². The first-order valence-corrected chi connectivity index (χ1v) is 11.4. The molecule has 0 fully saturated rings. The molecule has 0 saturated carbocycles. The molecule has 3 aromatic rings. The zero-order valence-electron chi connectivity index (χ0n) is 19.0. The molecule has 0 aliphatic rings. The monoisotopic (exact) mass is 487 g/mol. The molecule has 1 amide bonds. The minimum absolute atomic E-state index is 0.128. The Balaban J connectivity index is 1.75. The molecular formula is C23H26ClN5O3S. The average Bonchev–Trinajstić information content (AvgIpc) is 3.21. The molecule has 1 aromatic heterocycles. The first-order valence-electron chi connectivity index (χ1n) is 10.0. The van der Waals surface area contributed by atoms with Crippen LogP contribution in [0.1, 0.15) is 0 Å². The second-order valence-corrected chi connectivity index (χ2v) is 8.52. The molecule has 2 aromatic carbocycles. The summed E-state index contributed by atoms with van der Waals surface area (Å²) < 4.78 is 12.5. The van der Waals surface area contributed by atoms with Gasteiger partial charge in [-0.15, -0.1) is 16.8 Å². The van der Waals surface area contributed by atoms with Crippen LogP contribution in [0.4, 0.5) is 11.4 Å². The third-order valence-corrected chi connectivity index (χ3v) is 6.01. The van der Waals surface area contributed by atoms with Crippen LogP contribution in [0, 0.1) is 0 Å². The molecule has 8 nitrogen and oxygen atoms in total. The average molecular weight is 488 g/mol. The smallest absolute Gasteiger partial charge is 0.234 e. The fourth-order valence-electron chi connectivity index (χ4n) is 3.09. The van der Waals surface area contributed by atoms with Gasteiger partial charge < -0.3 is 19.7 Å². The summed E-state index contributed by atoms with van der Waals surface area (Å²) in [4.78, 5) is 14.7. The van der Waals surface area contributed by atoms with E-state index in [1.165, 1.54) is 26.0 Å². The lowest BCUT2D eigenvalue weighted by Crippen LogP contribution is -2.15. The van der Waals surface area contributed by atoms with Crippen molar-refractivity contribution in [1.29, 1.82) is 0 Å². The Kier molecular flexibility index (Phi) is 8.24. The van der Waals surface area contributed by atoms with Gasteiger partial charge in [0.05, 0.1) is 30.7 Å². The predicted octanol–water partition coefficient (Wildman–Crippen LogP) is 4.60. The topological polar surface area (TPSA) is 81.5 Å². The van der Waals surface area contributed by atoms with Crippen molar-refractivity contribution < 1.29 is 14.3 Å². The first kappa shape index (κ1) is 24.5. The highest BCUT2D eigenvalue weighted by atomic mass is 35.5. The Bertz CT molecular complexity index is 1130. The molecule has 1 N–H and O–H groups in total. The van der Waals surface area contributed by atoms with Gasteiger partial charge in [0, 0.05) is 44.0 Å². The van der Waals surface area contributed by atoms with Crippen molar-refractivity contribution >= 4 is 40.6 Å². The predicted molar refractivity (Wildman–Crippen MR) is 134 cm³/mol. The summed E-state index contributed by atoms with van der Waals surface area (Å²) in [5.41, 5.74) is 2.50. The summed E-state index contributed by atoms with van der Waals surface area (Å²) in [5.74, 6) is 1.50. The summed E-state index contributed by atoms with van der Waals surface area (Å²) in [6, 6.07) is 11.3. The van der Waals surface area contributed by atoms with Crippen LogP contribution < -0.4 is 19.7 Å². The number of anilines is 2. The van der Waals surface area contributed by atoms with Gasteiger partial charge in [-0.1, -0.05) is 29.4 Å². The Hall–Kier alpha value is -3.17. The SMILES string of the molecule is C=CCn1c(SCC(=O)Nc2cc(OC)c(Cl)cc2OC)nnc1-c1ccc(N(C)C)cc1. The Morgan fingerprint density at radius 1 is 1.18 bits per heavy atom. The number of benzene rings is 2. The number of methoxy groups -OCH3 is 2. The molecule has 0 unspecified atom stereocenters. The van der Waals surface area contributed by atoms with Gasteiger partial charge in [0.15, 0.2) is 11.0 Å². The number of rotatable bonds is 10.